The van der Waals surface area contributed by atoms with E-state index in [2.05, 4.69) is 0 Å². The monoisotopic (exact) mass is 264 g/mol. The van der Waals surface area contributed by atoms with Crippen LogP contribution in [0.5, 0.6) is 0 Å². The maximum Gasteiger partial charge on any atom is 0.303 e. The lowest BCUT2D eigenvalue weighted by Crippen LogP contribution is -2.15. The Labute approximate surface area is 101 Å². The minimum Gasteiger partial charge on any atom is -0.481 e. The lowest BCUT2D eigenvalue weighted by atomic mass is 10.0. The summed E-state index contributed by atoms with van der Waals surface area (Å²) in [7, 11) is 0. The second-order valence-electron chi connectivity index (χ2n) is 3.93. The lowest BCUT2D eigenvalue weighted by Gasteiger charge is -2.17. The van der Waals surface area contributed by atoms with Crippen molar-refractivity contribution in [2.45, 2.75) is 31.6 Å². The van der Waals surface area contributed by atoms with Crippen LogP contribution in [0.4, 0.5) is 17.6 Å². The third-order valence-electron chi connectivity index (χ3n) is 2.46. The average molecular weight is 264 g/mol. The first-order valence-corrected chi connectivity index (χ1v) is 5.38. The van der Waals surface area contributed by atoms with Crippen LogP contribution in [0.2, 0.25) is 0 Å². The molecule has 0 radical (unpaired) electrons. The van der Waals surface area contributed by atoms with E-state index in [1.807, 2.05) is 0 Å². The van der Waals surface area contributed by atoms with E-state index in [1.54, 1.807) is 0 Å². The molecule has 0 aliphatic rings. The van der Waals surface area contributed by atoms with Crippen LogP contribution in [0.3, 0.4) is 0 Å². The predicted molar refractivity (Wildman–Crippen MR) is 56.4 cm³/mol. The Balaban J connectivity index is 2.64. The van der Waals surface area contributed by atoms with E-state index in [1.165, 1.54) is 0 Å². The molecule has 0 amide bonds. The van der Waals surface area contributed by atoms with Gasteiger partial charge in [0.25, 0.3) is 5.92 Å². The van der Waals surface area contributed by atoms with Crippen LogP contribution in [-0.4, -0.2) is 11.1 Å². The molecule has 0 spiro atoms. The summed E-state index contributed by atoms with van der Waals surface area (Å²) in [6, 6.07) is 1.88. The maximum absolute atomic E-state index is 13.6. The number of rotatable bonds is 6. The van der Waals surface area contributed by atoms with Gasteiger partial charge in [0.05, 0.1) is 5.56 Å². The van der Waals surface area contributed by atoms with Crippen molar-refractivity contribution in [2.24, 2.45) is 0 Å². The highest BCUT2D eigenvalue weighted by Crippen LogP contribution is 2.35. The van der Waals surface area contributed by atoms with Gasteiger partial charge >= 0.3 is 5.97 Å². The van der Waals surface area contributed by atoms with Gasteiger partial charge in [-0.25, -0.2) is 17.6 Å². The van der Waals surface area contributed by atoms with Crippen molar-refractivity contribution in [3.8, 4) is 0 Å². The Bertz CT molecular complexity index is 432. The minimum absolute atomic E-state index is 0.0455. The quantitative estimate of drug-likeness (QED) is 0.628. The molecule has 1 aromatic rings. The number of carboxylic acid groups (broad SMARTS) is 1. The van der Waals surface area contributed by atoms with Gasteiger partial charge in [0.2, 0.25) is 0 Å². The zero-order valence-electron chi connectivity index (χ0n) is 9.43. The molecule has 100 valence electrons. The highest BCUT2D eigenvalue weighted by molar-refractivity contribution is 5.66. The largest absolute Gasteiger partial charge is 0.481 e. The molecule has 1 rings (SSSR count). The summed E-state index contributed by atoms with van der Waals surface area (Å²) in [5.74, 6) is -6.70. The molecule has 18 heavy (non-hydrogen) atoms. The first kappa shape index (κ1) is 14.5. The molecule has 0 aromatic heterocycles. The van der Waals surface area contributed by atoms with E-state index in [9.17, 15) is 22.4 Å². The Kier molecular flexibility index (Phi) is 4.69. The van der Waals surface area contributed by atoms with Crippen LogP contribution in [0.15, 0.2) is 18.2 Å². The molecule has 0 heterocycles. The lowest BCUT2D eigenvalue weighted by molar-refractivity contribution is -0.137. The number of unbranched alkanes of at least 4 members (excludes halogenated alkanes) is 1. The Morgan fingerprint density at radius 1 is 1.22 bits per heavy atom. The SMILES string of the molecule is O=C(O)CCCCC(F)(F)c1ccc(F)cc1F. The van der Waals surface area contributed by atoms with Crippen LogP contribution in [-0.2, 0) is 10.7 Å². The van der Waals surface area contributed by atoms with E-state index < -0.39 is 35.5 Å². The molecule has 0 bridgehead atoms. The summed E-state index contributed by atoms with van der Waals surface area (Å²) in [5.41, 5.74) is -0.862. The summed E-state index contributed by atoms with van der Waals surface area (Å²) in [6.07, 6.45) is -0.825. The summed E-state index contributed by atoms with van der Waals surface area (Å²) in [4.78, 5) is 10.2. The van der Waals surface area contributed by atoms with Crippen molar-refractivity contribution in [3.05, 3.63) is 35.4 Å². The molecule has 1 aromatic carbocycles. The number of hydrogen-bond acceptors (Lipinski definition) is 1. The van der Waals surface area contributed by atoms with Gasteiger partial charge < -0.3 is 5.11 Å². The van der Waals surface area contributed by atoms with Gasteiger partial charge in [-0.1, -0.05) is 0 Å². The van der Waals surface area contributed by atoms with Gasteiger partial charge in [-0.05, 0) is 25.0 Å². The number of carbonyl (C=O) groups is 1. The van der Waals surface area contributed by atoms with Crippen molar-refractivity contribution in [1.29, 1.82) is 0 Å². The second kappa shape index (κ2) is 5.84. The second-order valence-corrected chi connectivity index (χ2v) is 3.93. The maximum atomic E-state index is 13.6. The van der Waals surface area contributed by atoms with Crippen LogP contribution in [0.25, 0.3) is 0 Å². The molecule has 0 fully saturated rings. The summed E-state index contributed by atoms with van der Waals surface area (Å²) < 4.78 is 52.9. The zero-order chi connectivity index (χ0) is 13.8. The number of halogens is 4. The molecule has 0 unspecified atom stereocenters. The molecular formula is C12H12F4O2. The highest BCUT2D eigenvalue weighted by Gasteiger charge is 2.33. The summed E-state index contributed by atoms with van der Waals surface area (Å²) >= 11 is 0. The zero-order valence-corrected chi connectivity index (χ0v) is 9.43. The Hall–Kier alpha value is -1.59. The van der Waals surface area contributed by atoms with Gasteiger partial charge in [-0.2, -0.15) is 0 Å². The van der Waals surface area contributed by atoms with Crippen LogP contribution >= 0.6 is 0 Å². The normalized spacial score (nSPS) is 11.6. The van der Waals surface area contributed by atoms with Crippen LogP contribution < -0.4 is 0 Å². The molecule has 0 atom stereocenters. The first-order valence-electron chi connectivity index (χ1n) is 5.38. The average Bonchev–Trinajstić information content (AvgIpc) is 2.23. The van der Waals surface area contributed by atoms with Crippen molar-refractivity contribution in [3.63, 3.8) is 0 Å². The van der Waals surface area contributed by atoms with Crippen LogP contribution in [0.1, 0.15) is 31.2 Å². The fraction of sp³-hybridized carbons (Fsp3) is 0.417. The third-order valence-corrected chi connectivity index (χ3v) is 2.46. The first-order chi connectivity index (χ1) is 8.33. The highest BCUT2D eigenvalue weighted by atomic mass is 19.3. The number of benzene rings is 1. The Morgan fingerprint density at radius 3 is 2.44 bits per heavy atom. The van der Waals surface area contributed by atoms with Crippen molar-refractivity contribution in [2.75, 3.05) is 0 Å². The van der Waals surface area contributed by atoms with Gasteiger partial charge in [0, 0.05) is 18.9 Å². The van der Waals surface area contributed by atoms with Gasteiger partial charge in [0.1, 0.15) is 11.6 Å². The van der Waals surface area contributed by atoms with E-state index in [4.69, 9.17) is 5.11 Å². The molecular weight excluding hydrogens is 252 g/mol. The molecule has 1 N–H and O–H groups in total. The topological polar surface area (TPSA) is 37.3 Å². The van der Waals surface area contributed by atoms with Crippen molar-refractivity contribution >= 4 is 5.97 Å². The van der Waals surface area contributed by atoms with Crippen molar-refractivity contribution < 1.29 is 27.5 Å². The number of alkyl halides is 2. The summed E-state index contributed by atoms with van der Waals surface area (Å²) in [5, 5.41) is 8.35. The predicted octanol–water partition coefficient (Wildman–Crippen LogP) is 3.70. The molecule has 0 aliphatic heterocycles. The van der Waals surface area contributed by atoms with E-state index in [-0.39, 0.29) is 19.3 Å². The van der Waals surface area contributed by atoms with Gasteiger partial charge in [-0.15, -0.1) is 0 Å². The molecule has 2 nitrogen and oxygen atoms in total. The van der Waals surface area contributed by atoms with E-state index in [0.29, 0.717) is 12.1 Å². The smallest absolute Gasteiger partial charge is 0.303 e. The Morgan fingerprint density at radius 2 is 1.89 bits per heavy atom. The molecule has 0 saturated carbocycles. The van der Waals surface area contributed by atoms with Crippen LogP contribution in [0, 0.1) is 11.6 Å². The number of aliphatic carboxylic acids is 1. The molecule has 0 aliphatic carbocycles. The standard InChI is InChI=1S/C12H12F4O2/c13-8-4-5-9(10(14)7-8)12(15,16)6-2-1-3-11(17)18/h4-5,7H,1-3,6H2,(H,17,18). The fourth-order valence-electron chi connectivity index (χ4n) is 1.54. The molecule has 6 heteroatoms. The van der Waals surface area contributed by atoms with E-state index in [0.717, 1.165) is 6.07 Å². The molecule has 0 saturated heterocycles. The van der Waals surface area contributed by atoms with Gasteiger partial charge in [-0.3, -0.25) is 4.79 Å². The van der Waals surface area contributed by atoms with Crippen molar-refractivity contribution in [1.82, 2.24) is 0 Å². The summed E-state index contributed by atoms with van der Waals surface area (Å²) in [6.45, 7) is 0. The minimum atomic E-state index is -3.42. The van der Waals surface area contributed by atoms with E-state index >= 15 is 0 Å². The number of hydrogen-bond donors (Lipinski definition) is 1. The number of carboxylic acids is 1. The van der Waals surface area contributed by atoms with Gasteiger partial charge in [0.15, 0.2) is 0 Å². The third kappa shape index (κ3) is 4.01. The fourth-order valence-corrected chi connectivity index (χ4v) is 1.54.